The van der Waals surface area contributed by atoms with Crippen LogP contribution in [0.15, 0.2) is 29.1 Å². The first-order chi connectivity index (χ1) is 12.6. The molecule has 1 aromatic carbocycles. The van der Waals surface area contributed by atoms with Gasteiger partial charge in [-0.15, -0.1) is 0 Å². The van der Waals surface area contributed by atoms with Crippen LogP contribution in [0.25, 0.3) is 0 Å². The van der Waals surface area contributed by atoms with Gasteiger partial charge in [-0.3, -0.25) is 4.57 Å². The number of nitriles is 1. The van der Waals surface area contributed by atoms with E-state index in [-0.39, 0.29) is 35.4 Å². The highest BCUT2D eigenvalue weighted by Gasteiger charge is 2.56. The van der Waals surface area contributed by atoms with Gasteiger partial charge in [-0.2, -0.15) is 10.2 Å². The molecule has 132 valence electrons. The van der Waals surface area contributed by atoms with Gasteiger partial charge in [0.25, 0.3) is 0 Å². The normalized spacial score (nSPS) is 25.1. The minimum Gasteiger partial charge on any atom is -0.473 e. The largest absolute Gasteiger partial charge is 0.473 e. The summed E-state index contributed by atoms with van der Waals surface area (Å²) in [4.78, 5) is 18.6. The lowest BCUT2D eigenvalue weighted by atomic mass is 10.0. The summed E-state index contributed by atoms with van der Waals surface area (Å²) < 4.78 is 26.4. The molecule has 0 saturated carbocycles. The van der Waals surface area contributed by atoms with Crippen molar-refractivity contribution in [2.75, 3.05) is 18.1 Å². The Balaban J connectivity index is 1.41. The molecule has 2 atom stereocenters. The van der Waals surface area contributed by atoms with E-state index in [1.807, 2.05) is 0 Å². The smallest absolute Gasteiger partial charge is 0.352 e. The summed E-state index contributed by atoms with van der Waals surface area (Å²) in [6, 6.07) is 7.77. The van der Waals surface area contributed by atoms with E-state index in [9.17, 15) is 9.18 Å². The summed E-state index contributed by atoms with van der Waals surface area (Å²) in [6.07, 6.45) is 1.15. The molecule has 2 aromatic rings. The van der Waals surface area contributed by atoms with Gasteiger partial charge in [-0.25, -0.2) is 9.18 Å². The molecular formula is C18H15FN4O3. The summed E-state index contributed by atoms with van der Waals surface area (Å²) in [5, 5.41) is 8.91. The van der Waals surface area contributed by atoms with Crippen molar-refractivity contribution in [1.29, 1.82) is 5.26 Å². The van der Waals surface area contributed by atoms with E-state index in [0.717, 1.165) is 18.8 Å². The predicted molar refractivity (Wildman–Crippen MR) is 88.4 cm³/mol. The Kier molecular flexibility index (Phi) is 3.12. The minimum atomic E-state index is -0.568. The van der Waals surface area contributed by atoms with Crippen LogP contribution in [-0.2, 0) is 17.9 Å². The Bertz CT molecular complexity index is 1010. The van der Waals surface area contributed by atoms with Gasteiger partial charge in [-0.1, -0.05) is 6.07 Å². The van der Waals surface area contributed by atoms with Crippen LogP contribution < -0.4 is 15.3 Å². The van der Waals surface area contributed by atoms with E-state index in [0.29, 0.717) is 18.7 Å². The molecule has 2 fully saturated rings. The fourth-order valence-electron chi connectivity index (χ4n) is 4.17. The second-order valence-electron chi connectivity index (χ2n) is 7.01. The first-order valence-electron chi connectivity index (χ1n) is 8.40. The molecule has 3 aliphatic heterocycles. The van der Waals surface area contributed by atoms with E-state index in [1.165, 1.54) is 12.1 Å². The molecule has 7 nitrogen and oxygen atoms in total. The molecule has 0 unspecified atom stereocenters. The van der Waals surface area contributed by atoms with Crippen LogP contribution in [0.3, 0.4) is 0 Å². The average molecular weight is 354 g/mol. The molecule has 3 aliphatic rings. The van der Waals surface area contributed by atoms with E-state index in [1.54, 1.807) is 22.8 Å². The number of hydrogen-bond acceptors (Lipinski definition) is 6. The summed E-state index contributed by atoms with van der Waals surface area (Å²) >= 11 is 0. The molecule has 26 heavy (non-hydrogen) atoms. The van der Waals surface area contributed by atoms with Crippen LogP contribution in [0.5, 0.6) is 5.88 Å². The van der Waals surface area contributed by atoms with Crippen molar-refractivity contribution in [2.24, 2.45) is 0 Å². The third kappa shape index (κ3) is 2.14. The second kappa shape index (κ2) is 5.29. The molecule has 1 aromatic heterocycles. The van der Waals surface area contributed by atoms with Gasteiger partial charge < -0.3 is 14.4 Å². The predicted octanol–water partition coefficient (Wildman–Crippen LogP) is 1.19. The van der Waals surface area contributed by atoms with Crippen LogP contribution >= 0.6 is 0 Å². The number of aromatic nitrogens is 2. The van der Waals surface area contributed by atoms with Crippen LogP contribution in [-0.4, -0.2) is 34.3 Å². The highest BCUT2D eigenvalue weighted by Crippen LogP contribution is 2.46. The van der Waals surface area contributed by atoms with Gasteiger partial charge in [0.2, 0.25) is 5.88 Å². The van der Waals surface area contributed by atoms with Gasteiger partial charge >= 0.3 is 5.69 Å². The zero-order chi connectivity index (χ0) is 17.9. The van der Waals surface area contributed by atoms with Crippen LogP contribution in [0.4, 0.5) is 10.2 Å². The van der Waals surface area contributed by atoms with Crippen molar-refractivity contribution >= 4 is 5.82 Å². The Morgan fingerprint density at radius 3 is 3.15 bits per heavy atom. The van der Waals surface area contributed by atoms with E-state index in [4.69, 9.17) is 14.7 Å². The Morgan fingerprint density at radius 1 is 1.46 bits per heavy atom. The molecule has 2 saturated heterocycles. The maximum atomic E-state index is 13.4. The highest BCUT2D eigenvalue weighted by atomic mass is 19.1. The molecule has 8 heteroatoms. The number of nitrogens with zero attached hydrogens (tertiary/aromatic N) is 4. The van der Waals surface area contributed by atoms with Crippen molar-refractivity contribution in [3.05, 3.63) is 51.7 Å². The van der Waals surface area contributed by atoms with Gasteiger partial charge in [0.15, 0.2) is 0 Å². The number of rotatable bonds is 3. The van der Waals surface area contributed by atoms with Gasteiger partial charge in [0, 0.05) is 19.0 Å². The second-order valence-corrected chi connectivity index (χ2v) is 7.01. The van der Waals surface area contributed by atoms with Crippen molar-refractivity contribution < 1.29 is 13.9 Å². The standard InChI is InChI=1S/C18H15FN4O3/c19-14-2-1-11(3-12(14)6-20)8-25-15-4-16-22(17(24)21-15)9-18-5-13(26-10-18)7-23(16)18/h1-4,13H,5,7-10H2/t13-,18+/m0/s1. The van der Waals surface area contributed by atoms with Crippen LogP contribution in [0.2, 0.25) is 0 Å². The third-order valence-corrected chi connectivity index (χ3v) is 5.39. The first-order valence-corrected chi connectivity index (χ1v) is 8.40. The lowest BCUT2D eigenvalue weighted by molar-refractivity contribution is 0.0856. The Morgan fingerprint density at radius 2 is 2.35 bits per heavy atom. The van der Waals surface area contributed by atoms with Crippen molar-refractivity contribution in [3.8, 4) is 11.9 Å². The highest BCUT2D eigenvalue weighted by molar-refractivity contribution is 5.52. The maximum absolute atomic E-state index is 13.4. The zero-order valence-corrected chi connectivity index (χ0v) is 13.8. The third-order valence-electron chi connectivity index (χ3n) is 5.39. The van der Waals surface area contributed by atoms with Crippen LogP contribution in [0, 0.1) is 17.1 Å². The molecular weight excluding hydrogens is 339 g/mol. The zero-order valence-electron chi connectivity index (χ0n) is 13.8. The number of ether oxygens (including phenoxy) is 2. The number of benzene rings is 1. The number of morpholine rings is 1. The SMILES string of the molecule is N#Cc1cc(COc2cc3n(c(=O)n2)C[C@]24CO[C@H](CN32)C4)ccc1F. The summed E-state index contributed by atoms with van der Waals surface area (Å²) in [6.45, 7) is 2.09. The van der Waals surface area contributed by atoms with Crippen molar-refractivity contribution in [3.63, 3.8) is 0 Å². The molecule has 0 aliphatic carbocycles. The number of hydrogen-bond donors (Lipinski definition) is 0. The van der Waals surface area contributed by atoms with Crippen molar-refractivity contribution in [2.45, 2.75) is 31.2 Å². The lowest BCUT2D eigenvalue weighted by Crippen LogP contribution is -2.46. The first kappa shape index (κ1) is 15.3. The lowest BCUT2D eigenvalue weighted by Gasteiger charge is -2.32. The molecule has 2 bridgehead atoms. The molecule has 0 radical (unpaired) electrons. The molecule has 5 rings (SSSR count). The summed E-state index contributed by atoms with van der Waals surface area (Å²) in [7, 11) is 0. The monoisotopic (exact) mass is 354 g/mol. The molecule has 1 spiro atoms. The number of fused-ring (bicyclic) bond motifs is 3. The Hall–Kier alpha value is -2.92. The molecule has 0 N–H and O–H groups in total. The summed E-state index contributed by atoms with van der Waals surface area (Å²) in [5.41, 5.74) is 0.121. The summed E-state index contributed by atoms with van der Waals surface area (Å²) in [5.74, 6) is 0.467. The number of anilines is 1. The fourth-order valence-corrected chi connectivity index (χ4v) is 4.17. The quantitative estimate of drug-likeness (QED) is 0.824. The van der Waals surface area contributed by atoms with Gasteiger partial charge in [-0.05, 0) is 17.7 Å². The van der Waals surface area contributed by atoms with E-state index >= 15 is 0 Å². The minimum absolute atomic E-state index is 0.0388. The molecule has 0 amide bonds. The number of halogens is 1. The van der Waals surface area contributed by atoms with Crippen molar-refractivity contribution in [1.82, 2.24) is 9.55 Å². The fraction of sp³-hybridized carbons (Fsp3) is 0.389. The average Bonchev–Trinajstić information content (AvgIpc) is 3.29. The Labute approximate surface area is 148 Å². The molecule has 4 heterocycles. The van der Waals surface area contributed by atoms with Gasteiger partial charge in [0.1, 0.15) is 24.3 Å². The van der Waals surface area contributed by atoms with E-state index < -0.39 is 5.82 Å². The van der Waals surface area contributed by atoms with Crippen LogP contribution in [0.1, 0.15) is 17.5 Å². The van der Waals surface area contributed by atoms with E-state index in [2.05, 4.69) is 9.88 Å². The topological polar surface area (TPSA) is 80.4 Å². The van der Waals surface area contributed by atoms with Gasteiger partial charge in [0.05, 0.1) is 30.4 Å². The maximum Gasteiger partial charge on any atom is 0.352 e.